The fourth-order valence-electron chi connectivity index (χ4n) is 1.08. The van der Waals surface area contributed by atoms with Crippen LogP contribution in [0.1, 0.15) is 6.42 Å². The Labute approximate surface area is 70.9 Å². The summed E-state index contributed by atoms with van der Waals surface area (Å²) in [5.41, 5.74) is 0. The summed E-state index contributed by atoms with van der Waals surface area (Å²) in [6.45, 7) is 1.84. The second-order valence-electron chi connectivity index (χ2n) is 2.49. The van der Waals surface area contributed by atoms with E-state index in [1.165, 1.54) is 4.90 Å². The third-order valence-electron chi connectivity index (χ3n) is 1.67. The van der Waals surface area contributed by atoms with Crippen molar-refractivity contribution in [2.24, 2.45) is 0 Å². The van der Waals surface area contributed by atoms with E-state index in [4.69, 9.17) is 9.84 Å². The van der Waals surface area contributed by atoms with E-state index in [0.717, 1.165) is 6.42 Å². The maximum absolute atomic E-state index is 11.0. The summed E-state index contributed by atoms with van der Waals surface area (Å²) < 4.78 is 9.56. The van der Waals surface area contributed by atoms with Crippen LogP contribution in [0.3, 0.4) is 0 Å². The Morgan fingerprint density at radius 2 is 2.33 bits per heavy atom. The van der Waals surface area contributed by atoms with Crippen molar-refractivity contribution in [1.29, 1.82) is 0 Å². The zero-order valence-corrected chi connectivity index (χ0v) is 6.86. The monoisotopic (exact) mass is 175 g/mol. The summed E-state index contributed by atoms with van der Waals surface area (Å²) in [5.74, 6) is 0. The molecule has 5 heteroatoms. The minimum absolute atomic E-state index is 0.469. The average molecular weight is 175 g/mol. The van der Waals surface area contributed by atoms with Crippen LogP contribution in [-0.2, 0) is 9.47 Å². The van der Waals surface area contributed by atoms with Crippen LogP contribution in [0.15, 0.2) is 0 Å². The van der Waals surface area contributed by atoms with Crippen molar-refractivity contribution in [3.8, 4) is 0 Å². The Hall–Kier alpha value is -0.810. The molecule has 1 amide bonds. The Bertz CT molecular complexity index is 142. The molecule has 1 heterocycles. The van der Waals surface area contributed by atoms with E-state index in [1.807, 2.05) is 0 Å². The lowest BCUT2D eigenvalue weighted by molar-refractivity contribution is 0.0216. The molecule has 0 aromatic rings. The van der Waals surface area contributed by atoms with Crippen molar-refractivity contribution in [3.63, 3.8) is 0 Å². The highest BCUT2D eigenvalue weighted by molar-refractivity contribution is 5.67. The topological polar surface area (TPSA) is 59.0 Å². The minimum Gasteiger partial charge on any atom is -0.422 e. The van der Waals surface area contributed by atoms with E-state index in [1.54, 1.807) is 0 Å². The van der Waals surface area contributed by atoms with Gasteiger partial charge in [-0.05, 0) is 6.42 Å². The first-order valence-corrected chi connectivity index (χ1v) is 3.95. The van der Waals surface area contributed by atoms with E-state index in [2.05, 4.69) is 4.74 Å². The third-order valence-corrected chi connectivity index (χ3v) is 1.67. The number of carbonyl (C=O) groups is 1. The SMILES string of the molecule is O=C(OCO)N1CCCOCC1. The van der Waals surface area contributed by atoms with Gasteiger partial charge in [0, 0.05) is 19.7 Å². The highest BCUT2D eigenvalue weighted by Gasteiger charge is 2.15. The molecule has 0 bridgehead atoms. The van der Waals surface area contributed by atoms with Gasteiger partial charge in [0.25, 0.3) is 0 Å². The lowest BCUT2D eigenvalue weighted by Gasteiger charge is -2.17. The highest BCUT2D eigenvalue weighted by Crippen LogP contribution is 2.00. The summed E-state index contributed by atoms with van der Waals surface area (Å²) in [6.07, 6.45) is 0.351. The highest BCUT2D eigenvalue weighted by atomic mass is 16.6. The number of aliphatic hydroxyl groups excluding tert-OH is 1. The van der Waals surface area contributed by atoms with Crippen molar-refractivity contribution in [3.05, 3.63) is 0 Å². The summed E-state index contributed by atoms with van der Waals surface area (Å²) in [6, 6.07) is 0. The Morgan fingerprint density at radius 3 is 3.08 bits per heavy atom. The largest absolute Gasteiger partial charge is 0.422 e. The number of ether oxygens (including phenoxy) is 2. The minimum atomic E-state index is -0.559. The second-order valence-corrected chi connectivity index (χ2v) is 2.49. The number of amides is 1. The number of nitrogens with zero attached hydrogens (tertiary/aromatic N) is 1. The standard InChI is InChI=1S/C7H13NO4/c9-6-12-7(10)8-2-1-4-11-5-3-8/h9H,1-6H2. The van der Waals surface area contributed by atoms with Gasteiger partial charge in [0.1, 0.15) is 0 Å². The second kappa shape index (κ2) is 4.95. The van der Waals surface area contributed by atoms with Gasteiger partial charge in [-0.2, -0.15) is 0 Å². The van der Waals surface area contributed by atoms with Crippen molar-refractivity contribution < 1.29 is 19.4 Å². The molecular formula is C7H13NO4. The molecular weight excluding hydrogens is 162 g/mol. The Balaban J connectivity index is 2.32. The van der Waals surface area contributed by atoms with E-state index in [0.29, 0.717) is 26.3 Å². The zero-order valence-electron chi connectivity index (χ0n) is 6.86. The van der Waals surface area contributed by atoms with E-state index >= 15 is 0 Å². The van der Waals surface area contributed by atoms with Gasteiger partial charge in [-0.15, -0.1) is 0 Å². The van der Waals surface area contributed by atoms with Crippen LogP contribution in [0.25, 0.3) is 0 Å². The van der Waals surface area contributed by atoms with E-state index in [-0.39, 0.29) is 0 Å². The first kappa shape index (κ1) is 9.28. The first-order valence-electron chi connectivity index (χ1n) is 3.95. The van der Waals surface area contributed by atoms with Crippen molar-refractivity contribution in [2.75, 3.05) is 33.1 Å². The van der Waals surface area contributed by atoms with Crippen molar-refractivity contribution in [1.82, 2.24) is 4.90 Å². The molecule has 1 aliphatic rings. The maximum Gasteiger partial charge on any atom is 0.411 e. The lowest BCUT2D eigenvalue weighted by Crippen LogP contribution is -2.33. The van der Waals surface area contributed by atoms with Gasteiger partial charge >= 0.3 is 6.09 Å². The quantitative estimate of drug-likeness (QED) is 0.560. The molecule has 0 radical (unpaired) electrons. The van der Waals surface area contributed by atoms with Crippen LogP contribution in [0, 0.1) is 0 Å². The molecule has 1 aliphatic heterocycles. The Kier molecular flexibility index (Phi) is 3.83. The predicted molar refractivity (Wildman–Crippen MR) is 40.6 cm³/mol. The zero-order chi connectivity index (χ0) is 8.81. The molecule has 1 saturated heterocycles. The van der Waals surface area contributed by atoms with Crippen LogP contribution in [-0.4, -0.2) is 49.2 Å². The van der Waals surface area contributed by atoms with Crippen LogP contribution < -0.4 is 0 Å². The van der Waals surface area contributed by atoms with Crippen LogP contribution in [0.4, 0.5) is 4.79 Å². The maximum atomic E-state index is 11.0. The van der Waals surface area contributed by atoms with Gasteiger partial charge in [-0.25, -0.2) is 4.79 Å². The molecule has 70 valence electrons. The van der Waals surface area contributed by atoms with E-state index < -0.39 is 12.9 Å². The van der Waals surface area contributed by atoms with Crippen molar-refractivity contribution >= 4 is 6.09 Å². The Morgan fingerprint density at radius 1 is 1.50 bits per heavy atom. The molecule has 1 N–H and O–H groups in total. The molecule has 0 saturated carbocycles. The normalized spacial score (nSPS) is 18.6. The molecule has 1 rings (SSSR count). The van der Waals surface area contributed by atoms with Gasteiger partial charge in [0.2, 0.25) is 0 Å². The van der Waals surface area contributed by atoms with Crippen LogP contribution >= 0.6 is 0 Å². The summed E-state index contributed by atoms with van der Waals surface area (Å²) >= 11 is 0. The predicted octanol–water partition coefficient (Wildman–Crippen LogP) is -0.205. The van der Waals surface area contributed by atoms with Gasteiger partial charge in [-0.1, -0.05) is 0 Å². The molecule has 5 nitrogen and oxygen atoms in total. The molecule has 0 unspecified atom stereocenters. The molecule has 12 heavy (non-hydrogen) atoms. The fraction of sp³-hybridized carbons (Fsp3) is 0.857. The number of hydrogen-bond donors (Lipinski definition) is 1. The number of carbonyl (C=O) groups excluding carboxylic acids is 1. The van der Waals surface area contributed by atoms with Gasteiger partial charge in [-0.3, -0.25) is 0 Å². The summed E-state index contributed by atoms with van der Waals surface area (Å²) in [5, 5.41) is 8.34. The van der Waals surface area contributed by atoms with Gasteiger partial charge < -0.3 is 19.5 Å². The van der Waals surface area contributed by atoms with Crippen LogP contribution in [0.2, 0.25) is 0 Å². The number of hydrogen-bond acceptors (Lipinski definition) is 4. The van der Waals surface area contributed by atoms with Crippen LogP contribution in [0.5, 0.6) is 0 Å². The molecule has 0 aliphatic carbocycles. The summed E-state index contributed by atoms with van der Waals surface area (Å²) in [4.78, 5) is 12.6. The molecule has 0 aromatic heterocycles. The molecule has 0 spiro atoms. The number of rotatable bonds is 1. The van der Waals surface area contributed by atoms with E-state index in [9.17, 15) is 4.79 Å². The van der Waals surface area contributed by atoms with Gasteiger partial charge in [0.05, 0.1) is 6.61 Å². The molecule has 0 aromatic carbocycles. The third kappa shape index (κ3) is 2.67. The van der Waals surface area contributed by atoms with Crippen molar-refractivity contribution in [2.45, 2.75) is 6.42 Å². The smallest absolute Gasteiger partial charge is 0.411 e. The number of aliphatic hydroxyl groups is 1. The molecule has 0 atom stereocenters. The summed E-state index contributed by atoms with van der Waals surface area (Å²) in [7, 11) is 0. The molecule has 1 fully saturated rings. The lowest BCUT2D eigenvalue weighted by atomic mass is 10.4. The fourth-order valence-corrected chi connectivity index (χ4v) is 1.08. The first-order chi connectivity index (χ1) is 5.84. The van der Waals surface area contributed by atoms with Gasteiger partial charge in [0.15, 0.2) is 6.79 Å². The average Bonchev–Trinajstić information content (AvgIpc) is 2.32.